The van der Waals surface area contributed by atoms with Gasteiger partial charge in [0, 0.05) is 33.2 Å². The van der Waals surface area contributed by atoms with Crippen molar-refractivity contribution in [3.05, 3.63) is 23.8 Å². The average molecular weight is 216 g/mol. The Morgan fingerprint density at radius 1 is 1.38 bits per heavy atom. The molecule has 2 rings (SSSR count). The van der Waals surface area contributed by atoms with Crippen molar-refractivity contribution >= 4 is 11.4 Å². The Balaban J connectivity index is 2.29. The number of benzene rings is 1. The van der Waals surface area contributed by atoms with Crippen molar-refractivity contribution in [3.8, 4) is 6.07 Å². The highest BCUT2D eigenvalue weighted by molar-refractivity contribution is 5.72. The third kappa shape index (κ3) is 2.10. The van der Waals surface area contributed by atoms with Crippen LogP contribution in [-0.2, 0) is 0 Å². The monoisotopic (exact) mass is 216 g/mol. The molecular formula is C12H16N4. The first-order valence-corrected chi connectivity index (χ1v) is 5.52. The van der Waals surface area contributed by atoms with Crippen molar-refractivity contribution in [1.29, 1.82) is 5.26 Å². The van der Waals surface area contributed by atoms with E-state index in [0.29, 0.717) is 5.56 Å². The van der Waals surface area contributed by atoms with Crippen molar-refractivity contribution in [2.45, 2.75) is 0 Å². The van der Waals surface area contributed by atoms with Crippen LogP contribution >= 0.6 is 0 Å². The van der Waals surface area contributed by atoms with Crippen LogP contribution in [0.2, 0.25) is 0 Å². The first-order chi connectivity index (χ1) is 7.85. The van der Waals surface area contributed by atoms with Gasteiger partial charge >= 0.3 is 0 Å². The molecule has 1 aliphatic heterocycles. The summed E-state index contributed by atoms with van der Waals surface area (Å²) in [4.78, 5) is 2.34. The Morgan fingerprint density at radius 3 is 2.75 bits per heavy atom. The molecule has 0 spiro atoms. The number of hydrogen-bond donors (Lipinski definition) is 2. The lowest BCUT2D eigenvalue weighted by Gasteiger charge is -2.31. The summed E-state index contributed by atoms with van der Waals surface area (Å²) in [6.07, 6.45) is 0. The summed E-state index contributed by atoms with van der Waals surface area (Å²) in [5.41, 5.74) is 2.91. The standard InChI is InChI=1S/C12H16N4/c1-14-11-8-10(9-13)2-3-12(11)16-6-4-15-5-7-16/h2-3,8,14-15H,4-7H2,1H3. The highest BCUT2D eigenvalue weighted by Crippen LogP contribution is 2.26. The fourth-order valence-corrected chi connectivity index (χ4v) is 1.99. The van der Waals surface area contributed by atoms with Crippen molar-refractivity contribution in [1.82, 2.24) is 5.32 Å². The molecule has 0 amide bonds. The lowest BCUT2D eigenvalue weighted by atomic mass is 10.1. The lowest BCUT2D eigenvalue weighted by molar-refractivity contribution is 0.589. The average Bonchev–Trinajstić information content (AvgIpc) is 2.39. The van der Waals surface area contributed by atoms with Crippen LogP contribution < -0.4 is 15.5 Å². The van der Waals surface area contributed by atoms with Crippen LogP contribution in [-0.4, -0.2) is 33.2 Å². The van der Waals surface area contributed by atoms with Gasteiger partial charge in [0.1, 0.15) is 0 Å². The lowest BCUT2D eigenvalue weighted by Crippen LogP contribution is -2.43. The molecule has 1 aromatic rings. The first-order valence-electron chi connectivity index (χ1n) is 5.52. The second-order valence-corrected chi connectivity index (χ2v) is 3.83. The molecule has 1 aromatic carbocycles. The van der Waals surface area contributed by atoms with Gasteiger partial charge in [0.15, 0.2) is 0 Å². The van der Waals surface area contributed by atoms with Gasteiger partial charge < -0.3 is 15.5 Å². The number of nitrogens with zero attached hydrogens (tertiary/aromatic N) is 2. The number of nitrogens with one attached hydrogen (secondary N) is 2. The van der Waals surface area contributed by atoms with Crippen LogP contribution in [0.4, 0.5) is 11.4 Å². The number of nitriles is 1. The Hall–Kier alpha value is -1.73. The molecule has 0 atom stereocenters. The van der Waals surface area contributed by atoms with E-state index in [2.05, 4.69) is 21.6 Å². The molecule has 16 heavy (non-hydrogen) atoms. The van der Waals surface area contributed by atoms with E-state index < -0.39 is 0 Å². The Bertz CT molecular complexity index is 402. The summed E-state index contributed by atoms with van der Waals surface area (Å²) in [6.45, 7) is 4.06. The number of hydrogen-bond acceptors (Lipinski definition) is 4. The zero-order valence-electron chi connectivity index (χ0n) is 9.45. The predicted octanol–water partition coefficient (Wildman–Crippen LogP) is 1.01. The van der Waals surface area contributed by atoms with Gasteiger partial charge in [0.05, 0.1) is 23.0 Å². The maximum atomic E-state index is 8.86. The molecule has 0 bridgehead atoms. The third-order valence-electron chi connectivity index (χ3n) is 2.85. The van der Waals surface area contributed by atoms with Crippen LogP contribution in [0.3, 0.4) is 0 Å². The van der Waals surface area contributed by atoms with Crippen molar-refractivity contribution < 1.29 is 0 Å². The predicted molar refractivity (Wildman–Crippen MR) is 65.8 cm³/mol. The fraction of sp³-hybridized carbons (Fsp3) is 0.417. The van der Waals surface area contributed by atoms with E-state index in [0.717, 1.165) is 31.9 Å². The van der Waals surface area contributed by atoms with Gasteiger partial charge in [-0.3, -0.25) is 0 Å². The topological polar surface area (TPSA) is 51.1 Å². The summed E-state index contributed by atoms with van der Waals surface area (Å²) in [6, 6.07) is 7.96. The minimum Gasteiger partial charge on any atom is -0.386 e. The molecule has 0 saturated carbocycles. The van der Waals surface area contributed by atoms with Crippen LogP contribution in [0.25, 0.3) is 0 Å². The summed E-state index contributed by atoms with van der Waals surface area (Å²) in [5, 5.41) is 15.3. The highest BCUT2D eigenvalue weighted by atomic mass is 15.2. The molecular weight excluding hydrogens is 200 g/mol. The van der Waals surface area contributed by atoms with Crippen molar-refractivity contribution in [2.24, 2.45) is 0 Å². The van der Waals surface area contributed by atoms with Gasteiger partial charge in [-0.2, -0.15) is 5.26 Å². The first kappa shape index (κ1) is 10.8. The quantitative estimate of drug-likeness (QED) is 0.774. The van der Waals surface area contributed by atoms with Crippen LogP contribution in [0.15, 0.2) is 18.2 Å². The molecule has 4 nitrogen and oxygen atoms in total. The molecule has 0 radical (unpaired) electrons. The van der Waals surface area contributed by atoms with Gasteiger partial charge in [-0.05, 0) is 18.2 Å². The van der Waals surface area contributed by atoms with Gasteiger partial charge in [0.2, 0.25) is 0 Å². The summed E-state index contributed by atoms with van der Waals surface area (Å²) >= 11 is 0. The molecule has 1 aliphatic rings. The summed E-state index contributed by atoms with van der Waals surface area (Å²) < 4.78 is 0. The number of anilines is 2. The van der Waals surface area contributed by atoms with Gasteiger partial charge in [-0.15, -0.1) is 0 Å². The smallest absolute Gasteiger partial charge is 0.0992 e. The van der Waals surface area contributed by atoms with Crippen molar-refractivity contribution in [3.63, 3.8) is 0 Å². The molecule has 0 aromatic heterocycles. The van der Waals surface area contributed by atoms with E-state index in [1.165, 1.54) is 5.69 Å². The second-order valence-electron chi connectivity index (χ2n) is 3.83. The molecule has 0 unspecified atom stereocenters. The maximum absolute atomic E-state index is 8.86. The minimum atomic E-state index is 0.697. The minimum absolute atomic E-state index is 0.697. The van der Waals surface area contributed by atoms with E-state index in [-0.39, 0.29) is 0 Å². The molecule has 4 heteroatoms. The van der Waals surface area contributed by atoms with Gasteiger partial charge in [0.25, 0.3) is 0 Å². The Kier molecular flexibility index (Phi) is 3.28. The van der Waals surface area contributed by atoms with Gasteiger partial charge in [-0.1, -0.05) is 0 Å². The van der Waals surface area contributed by atoms with Crippen LogP contribution in [0, 0.1) is 11.3 Å². The molecule has 1 fully saturated rings. The van der Waals surface area contributed by atoms with Crippen LogP contribution in [0.1, 0.15) is 5.56 Å². The van der Waals surface area contributed by atoms with E-state index >= 15 is 0 Å². The molecule has 1 heterocycles. The highest BCUT2D eigenvalue weighted by Gasteiger charge is 2.13. The van der Waals surface area contributed by atoms with Crippen molar-refractivity contribution in [2.75, 3.05) is 43.4 Å². The zero-order chi connectivity index (χ0) is 11.4. The summed E-state index contributed by atoms with van der Waals surface area (Å²) in [5.74, 6) is 0. The van der Waals surface area contributed by atoms with E-state index in [1.807, 2.05) is 25.2 Å². The third-order valence-corrected chi connectivity index (χ3v) is 2.85. The molecule has 1 saturated heterocycles. The second kappa shape index (κ2) is 4.86. The fourth-order valence-electron chi connectivity index (χ4n) is 1.99. The summed E-state index contributed by atoms with van der Waals surface area (Å²) in [7, 11) is 1.89. The van der Waals surface area contributed by atoms with E-state index in [9.17, 15) is 0 Å². The molecule has 2 N–H and O–H groups in total. The molecule has 84 valence electrons. The van der Waals surface area contributed by atoms with Crippen LogP contribution in [0.5, 0.6) is 0 Å². The SMILES string of the molecule is CNc1cc(C#N)ccc1N1CCNCC1. The maximum Gasteiger partial charge on any atom is 0.0992 e. The molecule has 0 aliphatic carbocycles. The van der Waals surface area contributed by atoms with E-state index in [1.54, 1.807) is 0 Å². The Morgan fingerprint density at radius 2 is 2.12 bits per heavy atom. The Labute approximate surface area is 95.9 Å². The number of rotatable bonds is 2. The zero-order valence-corrected chi connectivity index (χ0v) is 9.45. The van der Waals surface area contributed by atoms with Gasteiger partial charge in [-0.25, -0.2) is 0 Å². The normalized spacial score (nSPS) is 15.6. The largest absolute Gasteiger partial charge is 0.386 e. The van der Waals surface area contributed by atoms with E-state index in [4.69, 9.17) is 5.26 Å². The number of piperazine rings is 1.